The van der Waals surface area contributed by atoms with Gasteiger partial charge in [-0.15, -0.1) is 11.3 Å². The zero-order chi connectivity index (χ0) is 14.7. The van der Waals surface area contributed by atoms with Crippen LogP contribution in [0.5, 0.6) is 0 Å². The van der Waals surface area contributed by atoms with Crippen molar-refractivity contribution in [2.75, 3.05) is 13.6 Å². The molecule has 0 amide bonds. The van der Waals surface area contributed by atoms with Gasteiger partial charge < -0.3 is 5.73 Å². The van der Waals surface area contributed by atoms with Crippen LogP contribution in [0.3, 0.4) is 0 Å². The van der Waals surface area contributed by atoms with Gasteiger partial charge >= 0.3 is 0 Å². The number of likely N-dealkylation sites (N-methyl/N-ethyl adjacent to an activating group) is 1. The molecule has 6 heteroatoms. The Balaban J connectivity index is 2.18. The molecule has 0 saturated heterocycles. The summed E-state index contributed by atoms with van der Waals surface area (Å²) in [5, 5.41) is 2.04. The number of hydrogen-bond acceptors (Lipinski definition) is 3. The van der Waals surface area contributed by atoms with E-state index in [9.17, 15) is 8.78 Å². The zero-order valence-electron chi connectivity index (χ0n) is 10.9. The molecule has 108 valence electrons. The number of nitrogens with two attached hydrogens (primary N) is 1. The Morgan fingerprint density at radius 1 is 1.35 bits per heavy atom. The highest BCUT2D eigenvalue weighted by Gasteiger charge is 2.20. The fourth-order valence-corrected chi connectivity index (χ4v) is 3.34. The van der Waals surface area contributed by atoms with Crippen molar-refractivity contribution < 1.29 is 8.78 Å². The molecule has 1 aromatic heterocycles. The Labute approximate surface area is 129 Å². The van der Waals surface area contributed by atoms with Gasteiger partial charge in [0.05, 0.1) is 3.79 Å². The van der Waals surface area contributed by atoms with Crippen LogP contribution in [0.25, 0.3) is 0 Å². The SMILES string of the molecule is CN(Cc1csc(Br)c1)C(CN)c1ccc(F)cc1F. The molecule has 0 aliphatic rings. The Bertz CT molecular complexity index is 588. The van der Waals surface area contributed by atoms with E-state index in [1.807, 2.05) is 23.4 Å². The molecule has 0 fully saturated rings. The topological polar surface area (TPSA) is 29.3 Å². The molecule has 2 N–H and O–H groups in total. The first-order valence-corrected chi connectivity index (χ1v) is 7.76. The first-order chi connectivity index (χ1) is 9.51. The molecule has 1 atom stereocenters. The number of benzene rings is 1. The molecule has 2 nitrogen and oxygen atoms in total. The average Bonchev–Trinajstić information content (AvgIpc) is 2.78. The standard InChI is InChI=1S/C14H15BrF2N2S/c1-19(7-9-4-14(15)20-8-9)13(6-18)11-3-2-10(16)5-12(11)17/h2-5,8,13H,6-7,18H2,1H3. The van der Waals surface area contributed by atoms with Gasteiger partial charge in [0.1, 0.15) is 11.6 Å². The average molecular weight is 361 g/mol. The van der Waals surface area contributed by atoms with E-state index >= 15 is 0 Å². The predicted octanol–water partition coefficient (Wildman–Crippen LogP) is 3.92. The van der Waals surface area contributed by atoms with Crippen LogP contribution in [-0.2, 0) is 6.54 Å². The number of hydrogen-bond donors (Lipinski definition) is 1. The van der Waals surface area contributed by atoms with Crippen LogP contribution >= 0.6 is 27.3 Å². The summed E-state index contributed by atoms with van der Waals surface area (Å²) in [5.74, 6) is -1.13. The number of halogens is 3. The van der Waals surface area contributed by atoms with Crippen molar-refractivity contribution in [1.29, 1.82) is 0 Å². The minimum Gasteiger partial charge on any atom is -0.329 e. The molecule has 1 unspecified atom stereocenters. The highest BCUT2D eigenvalue weighted by Crippen LogP contribution is 2.26. The third kappa shape index (κ3) is 3.63. The van der Waals surface area contributed by atoms with E-state index in [2.05, 4.69) is 15.9 Å². The molecular weight excluding hydrogens is 346 g/mol. The lowest BCUT2D eigenvalue weighted by Gasteiger charge is -2.27. The third-order valence-electron chi connectivity index (χ3n) is 3.13. The summed E-state index contributed by atoms with van der Waals surface area (Å²) in [6, 6.07) is 5.36. The molecule has 0 bridgehead atoms. The van der Waals surface area contributed by atoms with Crippen molar-refractivity contribution >= 4 is 27.3 Å². The van der Waals surface area contributed by atoms with E-state index < -0.39 is 11.6 Å². The van der Waals surface area contributed by atoms with E-state index in [0.717, 1.165) is 15.4 Å². The van der Waals surface area contributed by atoms with Gasteiger partial charge in [0.2, 0.25) is 0 Å². The Hall–Kier alpha value is -0.820. The summed E-state index contributed by atoms with van der Waals surface area (Å²) in [7, 11) is 1.88. The minimum atomic E-state index is -0.577. The molecule has 0 aliphatic heterocycles. The molecule has 2 rings (SSSR count). The first kappa shape index (κ1) is 15.6. The lowest BCUT2D eigenvalue weighted by Crippen LogP contribution is -2.30. The fourth-order valence-electron chi connectivity index (χ4n) is 2.14. The second-order valence-corrected chi connectivity index (χ2v) is 6.88. The largest absolute Gasteiger partial charge is 0.329 e. The maximum atomic E-state index is 13.9. The van der Waals surface area contributed by atoms with Crippen molar-refractivity contribution in [3.8, 4) is 0 Å². The van der Waals surface area contributed by atoms with Crippen molar-refractivity contribution in [3.05, 3.63) is 56.2 Å². The number of rotatable bonds is 5. The molecule has 0 spiro atoms. The second kappa shape index (κ2) is 6.76. The molecule has 1 heterocycles. The zero-order valence-corrected chi connectivity index (χ0v) is 13.3. The van der Waals surface area contributed by atoms with Crippen LogP contribution in [0.1, 0.15) is 17.2 Å². The lowest BCUT2D eigenvalue weighted by molar-refractivity contribution is 0.236. The van der Waals surface area contributed by atoms with E-state index in [4.69, 9.17) is 5.73 Å². The van der Waals surface area contributed by atoms with E-state index in [1.54, 1.807) is 11.3 Å². The van der Waals surface area contributed by atoms with Gasteiger partial charge in [-0.2, -0.15) is 0 Å². The number of thiophene rings is 1. The normalized spacial score (nSPS) is 12.9. The fraction of sp³-hybridized carbons (Fsp3) is 0.286. The molecule has 0 aliphatic carbocycles. The smallest absolute Gasteiger partial charge is 0.130 e. The van der Waals surface area contributed by atoms with Crippen molar-refractivity contribution in [2.24, 2.45) is 5.73 Å². The Kier molecular flexibility index (Phi) is 5.26. The summed E-state index contributed by atoms with van der Waals surface area (Å²) in [4.78, 5) is 1.96. The molecule has 20 heavy (non-hydrogen) atoms. The van der Waals surface area contributed by atoms with Crippen molar-refractivity contribution in [1.82, 2.24) is 4.90 Å². The number of nitrogens with zero attached hydrogens (tertiary/aromatic N) is 1. The van der Waals surface area contributed by atoms with Gasteiger partial charge in [-0.1, -0.05) is 6.07 Å². The highest BCUT2D eigenvalue weighted by molar-refractivity contribution is 9.11. The summed E-state index contributed by atoms with van der Waals surface area (Å²) < 4.78 is 27.9. The van der Waals surface area contributed by atoms with Gasteiger partial charge in [0.15, 0.2) is 0 Å². The Morgan fingerprint density at radius 3 is 2.65 bits per heavy atom. The van der Waals surface area contributed by atoms with Crippen LogP contribution in [0.4, 0.5) is 8.78 Å². The van der Waals surface area contributed by atoms with Crippen LogP contribution in [0.15, 0.2) is 33.4 Å². The van der Waals surface area contributed by atoms with Crippen LogP contribution < -0.4 is 5.73 Å². The van der Waals surface area contributed by atoms with Crippen LogP contribution in [-0.4, -0.2) is 18.5 Å². The maximum absolute atomic E-state index is 13.9. The van der Waals surface area contributed by atoms with E-state index in [1.165, 1.54) is 12.1 Å². The van der Waals surface area contributed by atoms with Gasteiger partial charge in [-0.3, -0.25) is 4.90 Å². The Morgan fingerprint density at radius 2 is 2.10 bits per heavy atom. The van der Waals surface area contributed by atoms with Crippen molar-refractivity contribution in [2.45, 2.75) is 12.6 Å². The van der Waals surface area contributed by atoms with Gasteiger partial charge in [-0.25, -0.2) is 8.78 Å². The molecule has 2 aromatic rings. The molecule has 0 radical (unpaired) electrons. The van der Waals surface area contributed by atoms with Gasteiger partial charge in [0.25, 0.3) is 0 Å². The molecule has 1 aromatic carbocycles. The monoisotopic (exact) mass is 360 g/mol. The van der Waals surface area contributed by atoms with E-state index in [0.29, 0.717) is 12.1 Å². The third-order valence-corrected chi connectivity index (χ3v) is 4.68. The molecular formula is C14H15BrF2N2S. The quantitative estimate of drug-likeness (QED) is 0.875. The first-order valence-electron chi connectivity index (χ1n) is 6.09. The predicted molar refractivity (Wildman–Crippen MR) is 81.6 cm³/mol. The molecule has 0 saturated carbocycles. The summed E-state index contributed by atoms with van der Waals surface area (Å²) >= 11 is 5.02. The summed E-state index contributed by atoms with van der Waals surface area (Å²) in [6.45, 7) is 0.922. The highest BCUT2D eigenvalue weighted by atomic mass is 79.9. The second-order valence-electron chi connectivity index (χ2n) is 4.59. The van der Waals surface area contributed by atoms with Gasteiger partial charge in [-0.05, 0) is 46.1 Å². The van der Waals surface area contributed by atoms with Gasteiger partial charge in [0, 0.05) is 30.8 Å². The lowest BCUT2D eigenvalue weighted by atomic mass is 10.0. The van der Waals surface area contributed by atoms with Crippen molar-refractivity contribution in [3.63, 3.8) is 0 Å². The summed E-state index contributed by atoms with van der Waals surface area (Å²) in [5.41, 5.74) is 7.31. The summed E-state index contributed by atoms with van der Waals surface area (Å²) in [6.07, 6.45) is 0. The van der Waals surface area contributed by atoms with Crippen LogP contribution in [0.2, 0.25) is 0 Å². The minimum absolute atomic E-state index is 0.268. The van der Waals surface area contributed by atoms with E-state index in [-0.39, 0.29) is 12.6 Å². The maximum Gasteiger partial charge on any atom is 0.130 e. The van der Waals surface area contributed by atoms with Crippen LogP contribution in [0, 0.1) is 11.6 Å².